The van der Waals surface area contributed by atoms with E-state index >= 15 is 0 Å². The molecule has 3 rings (SSSR count). The second-order valence-electron chi connectivity index (χ2n) is 4.48. The molecule has 0 aliphatic rings. The molecule has 3 aromatic rings. The number of hydrogen-bond donors (Lipinski definition) is 1. The Bertz CT molecular complexity index is 814. The standard InChI is InChI=1S/C15H10Cl2FN3/c16-10-4-5-14(12(17)7-10)21-8-13(19)15(20-21)9-2-1-3-11(18)6-9/h1-8H,19H2. The van der Waals surface area contributed by atoms with Crippen LogP contribution in [0.3, 0.4) is 0 Å². The van der Waals surface area contributed by atoms with Crippen molar-refractivity contribution in [3.63, 3.8) is 0 Å². The zero-order valence-electron chi connectivity index (χ0n) is 10.7. The third-order valence-corrected chi connectivity index (χ3v) is 3.53. The Labute approximate surface area is 130 Å². The molecular formula is C15H10Cl2FN3. The van der Waals surface area contributed by atoms with Crippen LogP contribution >= 0.6 is 23.2 Å². The second-order valence-corrected chi connectivity index (χ2v) is 5.33. The highest BCUT2D eigenvalue weighted by atomic mass is 35.5. The number of rotatable bonds is 2. The summed E-state index contributed by atoms with van der Waals surface area (Å²) in [6.07, 6.45) is 1.63. The van der Waals surface area contributed by atoms with Crippen LogP contribution in [0.5, 0.6) is 0 Å². The van der Waals surface area contributed by atoms with Crippen molar-refractivity contribution in [1.29, 1.82) is 0 Å². The summed E-state index contributed by atoms with van der Waals surface area (Å²) in [5.74, 6) is -0.342. The summed E-state index contributed by atoms with van der Waals surface area (Å²) in [5.41, 5.74) is 8.16. The average molecular weight is 322 g/mol. The van der Waals surface area contributed by atoms with Gasteiger partial charge >= 0.3 is 0 Å². The van der Waals surface area contributed by atoms with Crippen LogP contribution in [-0.2, 0) is 0 Å². The van der Waals surface area contributed by atoms with Gasteiger partial charge in [0, 0.05) is 10.6 Å². The quantitative estimate of drug-likeness (QED) is 0.751. The largest absolute Gasteiger partial charge is 0.396 e. The molecular weight excluding hydrogens is 312 g/mol. The Hall–Kier alpha value is -2.04. The molecule has 1 heterocycles. The fraction of sp³-hybridized carbons (Fsp3) is 0. The summed E-state index contributed by atoms with van der Waals surface area (Å²) >= 11 is 12.0. The molecule has 0 unspecified atom stereocenters. The summed E-state index contributed by atoms with van der Waals surface area (Å²) in [6.45, 7) is 0. The summed E-state index contributed by atoms with van der Waals surface area (Å²) < 4.78 is 14.9. The molecule has 3 nitrogen and oxygen atoms in total. The van der Waals surface area contributed by atoms with Crippen molar-refractivity contribution < 1.29 is 4.39 Å². The van der Waals surface area contributed by atoms with E-state index < -0.39 is 0 Å². The first-order chi connectivity index (χ1) is 10.0. The molecule has 0 atom stereocenters. The monoisotopic (exact) mass is 321 g/mol. The van der Waals surface area contributed by atoms with Gasteiger partial charge in [-0.05, 0) is 30.3 Å². The highest BCUT2D eigenvalue weighted by Crippen LogP contribution is 2.29. The first kappa shape index (κ1) is 13.9. The molecule has 21 heavy (non-hydrogen) atoms. The maximum atomic E-state index is 13.3. The van der Waals surface area contributed by atoms with Gasteiger partial charge in [-0.25, -0.2) is 9.07 Å². The molecule has 6 heteroatoms. The molecule has 0 fully saturated rings. The first-order valence-electron chi connectivity index (χ1n) is 6.11. The lowest BCUT2D eigenvalue weighted by atomic mass is 10.1. The molecule has 0 radical (unpaired) electrons. The van der Waals surface area contributed by atoms with Crippen LogP contribution in [0.1, 0.15) is 0 Å². The van der Waals surface area contributed by atoms with E-state index in [2.05, 4.69) is 5.10 Å². The SMILES string of the molecule is Nc1cn(-c2ccc(Cl)cc2Cl)nc1-c1cccc(F)c1. The molecule has 0 saturated carbocycles. The predicted octanol–water partition coefficient (Wildman–Crippen LogP) is 4.57. The van der Waals surface area contributed by atoms with Crippen molar-refractivity contribution in [3.8, 4) is 16.9 Å². The van der Waals surface area contributed by atoms with Crippen molar-refractivity contribution in [1.82, 2.24) is 9.78 Å². The van der Waals surface area contributed by atoms with Crippen LogP contribution in [0.4, 0.5) is 10.1 Å². The average Bonchev–Trinajstić information content (AvgIpc) is 2.80. The van der Waals surface area contributed by atoms with E-state index in [1.165, 1.54) is 12.1 Å². The highest BCUT2D eigenvalue weighted by Gasteiger charge is 2.12. The second kappa shape index (κ2) is 5.39. The third-order valence-electron chi connectivity index (χ3n) is 3.00. The lowest BCUT2D eigenvalue weighted by Gasteiger charge is -2.04. The Morgan fingerprint density at radius 2 is 1.90 bits per heavy atom. The molecule has 2 N–H and O–H groups in total. The van der Waals surface area contributed by atoms with Crippen LogP contribution in [0, 0.1) is 5.82 Å². The summed E-state index contributed by atoms with van der Waals surface area (Å²) in [6, 6.07) is 11.2. The van der Waals surface area contributed by atoms with Crippen molar-refractivity contribution in [2.24, 2.45) is 0 Å². The molecule has 0 aliphatic heterocycles. The van der Waals surface area contributed by atoms with Gasteiger partial charge in [0.2, 0.25) is 0 Å². The smallest absolute Gasteiger partial charge is 0.123 e. The van der Waals surface area contributed by atoms with Crippen LogP contribution in [0.15, 0.2) is 48.7 Å². The minimum atomic E-state index is -0.342. The van der Waals surface area contributed by atoms with Crippen LogP contribution in [-0.4, -0.2) is 9.78 Å². The van der Waals surface area contributed by atoms with E-state index in [0.29, 0.717) is 32.7 Å². The van der Waals surface area contributed by atoms with Gasteiger partial charge in [-0.2, -0.15) is 5.10 Å². The minimum Gasteiger partial charge on any atom is -0.396 e. The number of nitrogens with two attached hydrogens (primary N) is 1. The number of halogens is 3. The lowest BCUT2D eigenvalue weighted by Crippen LogP contribution is -1.96. The molecule has 106 valence electrons. The van der Waals surface area contributed by atoms with Crippen LogP contribution in [0.25, 0.3) is 16.9 Å². The zero-order chi connectivity index (χ0) is 15.0. The van der Waals surface area contributed by atoms with Gasteiger partial charge in [-0.15, -0.1) is 0 Å². The zero-order valence-corrected chi connectivity index (χ0v) is 12.2. The molecule has 2 aromatic carbocycles. The number of nitrogens with zero attached hydrogens (tertiary/aromatic N) is 2. The van der Waals surface area contributed by atoms with Gasteiger partial charge in [0.25, 0.3) is 0 Å². The van der Waals surface area contributed by atoms with Gasteiger partial charge < -0.3 is 5.73 Å². The van der Waals surface area contributed by atoms with Gasteiger partial charge in [0.1, 0.15) is 11.5 Å². The van der Waals surface area contributed by atoms with Gasteiger partial charge in [0.15, 0.2) is 0 Å². The van der Waals surface area contributed by atoms with E-state index in [0.717, 1.165) is 0 Å². The number of anilines is 1. The van der Waals surface area contributed by atoms with Crippen molar-refractivity contribution >= 4 is 28.9 Å². The Balaban J connectivity index is 2.09. The maximum Gasteiger partial charge on any atom is 0.123 e. The molecule has 1 aromatic heterocycles. The van der Waals surface area contributed by atoms with Crippen molar-refractivity contribution in [3.05, 3.63) is 64.5 Å². The van der Waals surface area contributed by atoms with Crippen LogP contribution in [0.2, 0.25) is 10.0 Å². The Kier molecular flexibility index (Phi) is 3.57. The number of hydrogen-bond acceptors (Lipinski definition) is 2. The molecule has 0 spiro atoms. The van der Waals surface area contributed by atoms with E-state index in [1.807, 2.05) is 0 Å². The van der Waals surface area contributed by atoms with Gasteiger partial charge in [-0.3, -0.25) is 0 Å². The van der Waals surface area contributed by atoms with Crippen molar-refractivity contribution in [2.45, 2.75) is 0 Å². The molecule has 0 aliphatic carbocycles. The number of nitrogen functional groups attached to an aromatic ring is 1. The van der Waals surface area contributed by atoms with Crippen LogP contribution < -0.4 is 5.73 Å². The minimum absolute atomic E-state index is 0.342. The number of aromatic nitrogens is 2. The summed E-state index contributed by atoms with van der Waals surface area (Å²) in [7, 11) is 0. The van der Waals surface area contributed by atoms with E-state index in [9.17, 15) is 4.39 Å². The highest BCUT2D eigenvalue weighted by molar-refractivity contribution is 6.35. The first-order valence-corrected chi connectivity index (χ1v) is 6.87. The normalized spacial score (nSPS) is 10.8. The van der Waals surface area contributed by atoms with Gasteiger partial charge in [-0.1, -0.05) is 35.3 Å². The third kappa shape index (κ3) is 2.73. The van der Waals surface area contributed by atoms with Crippen molar-refractivity contribution in [2.75, 3.05) is 5.73 Å². The summed E-state index contributed by atoms with van der Waals surface area (Å²) in [5, 5.41) is 5.37. The Morgan fingerprint density at radius 1 is 1.10 bits per heavy atom. The Morgan fingerprint density at radius 3 is 2.62 bits per heavy atom. The predicted molar refractivity (Wildman–Crippen MR) is 83.4 cm³/mol. The van der Waals surface area contributed by atoms with E-state index in [1.54, 1.807) is 41.2 Å². The molecule has 0 saturated heterocycles. The number of benzene rings is 2. The maximum absolute atomic E-state index is 13.3. The van der Waals surface area contributed by atoms with Gasteiger partial charge in [0.05, 0.1) is 22.6 Å². The summed E-state index contributed by atoms with van der Waals surface area (Å²) in [4.78, 5) is 0. The topological polar surface area (TPSA) is 43.8 Å². The van der Waals surface area contributed by atoms with E-state index in [-0.39, 0.29) is 5.82 Å². The fourth-order valence-corrected chi connectivity index (χ4v) is 2.53. The fourth-order valence-electron chi connectivity index (χ4n) is 2.04. The lowest BCUT2D eigenvalue weighted by molar-refractivity contribution is 0.628. The molecule has 0 amide bonds. The van der Waals surface area contributed by atoms with E-state index in [4.69, 9.17) is 28.9 Å². The molecule has 0 bridgehead atoms.